The van der Waals surface area contributed by atoms with Gasteiger partial charge in [0, 0.05) is 29.3 Å². The molecule has 1 aromatic carbocycles. The third kappa shape index (κ3) is 2.92. The van der Waals surface area contributed by atoms with Gasteiger partial charge in [0.05, 0.1) is 5.69 Å². The molecule has 1 heterocycles. The van der Waals surface area contributed by atoms with Crippen LogP contribution < -0.4 is 16.0 Å². The number of benzene rings is 1. The number of carbonyl (C=O) groups is 1. The number of anilines is 2. The molecule has 2 rings (SSSR count). The minimum absolute atomic E-state index is 0.141. The van der Waals surface area contributed by atoms with Crippen molar-refractivity contribution in [3.63, 3.8) is 0 Å². The smallest absolute Gasteiger partial charge is 0.245 e. The van der Waals surface area contributed by atoms with Crippen LogP contribution in [0.3, 0.4) is 0 Å². The quantitative estimate of drug-likeness (QED) is 0.879. The lowest BCUT2D eigenvalue weighted by Crippen LogP contribution is -2.29. The Balaban J connectivity index is 2.34. The molecule has 0 aromatic heterocycles. The lowest BCUT2D eigenvalue weighted by Gasteiger charge is -2.29. The van der Waals surface area contributed by atoms with Gasteiger partial charge < -0.3 is 16.0 Å². The molecule has 1 aliphatic heterocycles. The van der Waals surface area contributed by atoms with Crippen molar-refractivity contribution in [2.45, 2.75) is 26.8 Å². The summed E-state index contributed by atoms with van der Waals surface area (Å²) < 4.78 is 0.963. The van der Waals surface area contributed by atoms with E-state index >= 15 is 0 Å². The molecule has 1 atom stereocenters. The molecule has 0 saturated carbocycles. The highest BCUT2D eigenvalue weighted by Crippen LogP contribution is 2.38. The number of hydrogen-bond donors (Lipinski definition) is 2. The second-order valence-corrected chi connectivity index (χ2v) is 7.13. The highest BCUT2D eigenvalue weighted by atomic mass is 79.9. The number of fused-ring (bicyclic) bond motifs is 1. The molecule has 5 heteroatoms. The summed E-state index contributed by atoms with van der Waals surface area (Å²) in [5.74, 6) is -0.141. The minimum atomic E-state index is -0.562. The Bertz CT molecular complexity index is 522. The van der Waals surface area contributed by atoms with Crippen molar-refractivity contribution in [3.8, 4) is 0 Å². The Hall–Kier alpha value is -1.07. The summed E-state index contributed by atoms with van der Waals surface area (Å²) in [6.45, 7) is 7.51. The summed E-state index contributed by atoms with van der Waals surface area (Å²) in [5, 5.41) is 2.82. The van der Waals surface area contributed by atoms with E-state index in [9.17, 15) is 4.79 Å². The van der Waals surface area contributed by atoms with Crippen molar-refractivity contribution in [1.82, 2.24) is 0 Å². The van der Waals surface area contributed by atoms with Crippen LogP contribution in [0.25, 0.3) is 0 Å². The number of halogens is 1. The summed E-state index contributed by atoms with van der Waals surface area (Å²) in [6.07, 6.45) is 0. The monoisotopic (exact) mass is 325 g/mol. The van der Waals surface area contributed by atoms with Crippen molar-refractivity contribution in [2.75, 3.05) is 23.8 Å². The average molecular weight is 326 g/mol. The van der Waals surface area contributed by atoms with Gasteiger partial charge in [-0.05, 0) is 33.5 Å². The van der Waals surface area contributed by atoms with Crippen LogP contribution >= 0.6 is 15.9 Å². The van der Waals surface area contributed by atoms with Crippen LogP contribution in [0.2, 0.25) is 0 Å². The molecule has 0 saturated heterocycles. The molecule has 3 N–H and O–H groups in total. The minimum Gasteiger partial charge on any atom is -0.373 e. The maximum Gasteiger partial charge on any atom is 0.245 e. The molecule has 1 aliphatic rings. The van der Waals surface area contributed by atoms with E-state index in [-0.39, 0.29) is 11.3 Å². The Morgan fingerprint density at radius 3 is 2.63 bits per heavy atom. The second-order valence-electron chi connectivity index (χ2n) is 6.27. The molecule has 1 amide bonds. The second kappa shape index (κ2) is 4.80. The molecule has 0 aliphatic carbocycles. The first-order valence-corrected chi connectivity index (χ1v) is 7.09. The van der Waals surface area contributed by atoms with Gasteiger partial charge in [0.2, 0.25) is 5.91 Å². The van der Waals surface area contributed by atoms with Crippen molar-refractivity contribution < 1.29 is 4.79 Å². The third-order valence-electron chi connectivity index (χ3n) is 3.12. The number of nitrogens with zero attached hydrogens (tertiary/aromatic N) is 1. The first-order chi connectivity index (χ1) is 8.69. The largest absolute Gasteiger partial charge is 0.373 e. The maximum absolute atomic E-state index is 11.6. The summed E-state index contributed by atoms with van der Waals surface area (Å²) in [4.78, 5) is 13.8. The molecule has 1 unspecified atom stereocenters. The predicted molar refractivity (Wildman–Crippen MR) is 82.4 cm³/mol. The summed E-state index contributed by atoms with van der Waals surface area (Å²) in [6, 6.07) is 3.36. The van der Waals surface area contributed by atoms with Crippen LogP contribution in [-0.2, 0) is 4.79 Å². The van der Waals surface area contributed by atoms with E-state index in [2.05, 4.69) is 54.0 Å². The van der Waals surface area contributed by atoms with Crippen LogP contribution in [0.5, 0.6) is 0 Å². The molecule has 0 bridgehead atoms. The van der Waals surface area contributed by atoms with Gasteiger partial charge in [-0.3, -0.25) is 4.79 Å². The normalized spacial score (nSPS) is 18.2. The van der Waals surface area contributed by atoms with Crippen LogP contribution in [-0.4, -0.2) is 19.5 Å². The highest BCUT2D eigenvalue weighted by molar-refractivity contribution is 9.10. The van der Waals surface area contributed by atoms with Gasteiger partial charge >= 0.3 is 0 Å². The number of carbonyl (C=O) groups excluding carboxylic acids is 1. The number of rotatable bonds is 2. The van der Waals surface area contributed by atoms with Crippen LogP contribution in [0, 0.1) is 5.41 Å². The van der Waals surface area contributed by atoms with E-state index in [4.69, 9.17) is 5.73 Å². The van der Waals surface area contributed by atoms with Gasteiger partial charge in [-0.25, -0.2) is 0 Å². The molecule has 104 valence electrons. The van der Waals surface area contributed by atoms with E-state index in [1.165, 1.54) is 0 Å². The molecule has 0 radical (unpaired) electrons. The topological polar surface area (TPSA) is 58.4 Å². The number of nitrogens with two attached hydrogens (primary N) is 1. The van der Waals surface area contributed by atoms with E-state index < -0.39 is 6.04 Å². The first kappa shape index (κ1) is 14.3. The predicted octanol–water partition coefficient (Wildman–Crippen LogP) is 2.88. The van der Waals surface area contributed by atoms with Crippen LogP contribution in [0.1, 0.15) is 32.4 Å². The Morgan fingerprint density at radius 1 is 1.42 bits per heavy atom. The van der Waals surface area contributed by atoms with Gasteiger partial charge in [0.25, 0.3) is 0 Å². The molecule has 1 aromatic rings. The molecular weight excluding hydrogens is 306 g/mol. The van der Waals surface area contributed by atoms with Crippen molar-refractivity contribution >= 4 is 33.2 Å². The summed E-state index contributed by atoms with van der Waals surface area (Å²) >= 11 is 3.57. The van der Waals surface area contributed by atoms with Crippen molar-refractivity contribution in [1.29, 1.82) is 0 Å². The fraction of sp³-hybridized carbons (Fsp3) is 0.500. The highest BCUT2D eigenvalue weighted by Gasteiger charge is 2.29. The van der Waals surface area contributed by atoms with Crippen LogP contribution in [0.4, 0.5) is 11.4 Å². The Kier molecular flexibility index (Phi) is 3.62. The average Bonchev–Trinajstić information content (AvgIpc) is 2.52. The lowest BCUT2D eigenvalue weighted by molar-refractivity contribution is -0.116. The maximum atomic E-state index is 11.6. The number of amides is 1. The van der Waals surface area contributed by atoms with Gasteiger partial charge in [0.15, 0.2) is 0 Å². The standard InChI is InChI=1S/C14H20BrN3O/c1-14(2,3)7-18(4)11-6-10-8(5-9(11)15)12(16)13(19)17-10/h5-6,12H,7,16H2,1-4H3,(H,17,19). The zero-order chi connectivity index (χ0) is 14.4. The summed E-state index contributed by atoms with van der Waals surface area (Å²) in [7, 11) is 2.05. The van der Waals surface area contributed by atoms with Gasteiger partial charge in [-0.15, -0.1) is 0 Å². The summed E-state index contributed by atoms with van der Waals surface area (Å²) in [5.41, 5.74) is 8.77. The Labute approximate surface area is 122 Å². The van der Waals surface area contributed by atoms with Gasteiger partial charge in [-0.1, -0.05) is 20.8 Å². The molecular formula is C14H20BrN3O. The van der Waals surface area contributed by atoms with E-state index in [0.717, 1.165) is 28.0 Å². The van der Waals surface area contributed by atoms with E-state index in [1.807, 2.05) is 12.1 Å². The van der Waals surface area contributed by atoms with Crippen molar-refractivity contribution in [3.05, 3.63) is 22.2 Å². The zero-order valence-corrected chi connectivity index (χ0v) is 13.3. The fourth-order valence-corrected chi connectivity index (χ4v) is 3.05. The van der Waals surface area contributed by atoms with Crippen molar-refractivity contribution in [2.24, 2.45) is 11.1 Å². The SMILES string of the molecule is CN(CC(C)(C)C)c1cc2c(cc1Br)C(N)C(=O)N2. The zero-order valence-electron chi connectivity index (χ0n) is 11.7. The molecule has 0 fully saturated rings. The van der Waals surface area contributed by atoms with E-state index in [1.54, 1.807) is 0 Å². The molecule has 0 spiro atoms. The number of hydrogen-bond acceptors (Lipinski definition) is 3. The first-order valence-electron chi connectivity index (χ1n) is 6.30. The third-order valence-corrected chi connectivity index (χ3v) is 3.75. The van der Waals surface area contributed by atoms with E-state index in [0.29, 0.717) is 0 Å². The lowest BCUT2D eigenvalue weighted by atomic mass is 9.96. The molecule has 19 heavy (non-hydrogen) atoms. The van der Waals surface area contributed by atoms with Gasteiger partial charge in [0.1, 0.15) is 6.04 Å². The number of nitrogens with one attached hydrogen (secondary N) is 1. The van der Waals surface area contributed by atoms with Gasteiger partial charge in [-0.2, -0.15) is 0 Å². The molecule has 4 nitrogen and oxygen atoms in total. The Morgan fingerprint density at radius 2 is 2.05 bits per heavy atom. The van der Waals surface area contributed by atoms with Crippen LogP contribution in [0.15, 0.2) is 16.6 Å². The fourth-order valence-electron chi connectivity index (χ4n) is 2.38.